The van der Waals surface area contributed by atoms with Gasteiger partial charge in [-0.3, -0.25) is 4.79 Å². The zero-order chi connectivity index (χ0) is 21.8. The largest absolute Gasteiger partial charge is 0.573 e. The van der Waals surface area contributed by atoms with Gasteiger partial charge in [0.1, 0.15) is 11.6 Å². The average molecular weight is 435 g/mol. The van der Waals surface area contributed by atoms with Gasteiger partial charge < -0.3 is 19.4 Å². The van der Waals surface area contributed by atoms with Crippen molar-refractivity contribution in [3.05, 3.63) is 42.1 Å². The lowest BCUT2D eigenvalue weighted by Crippen LogP contribution is -2.49. The van der Waals surface area contributed by atoms with E-state index in [2.05, 4.69) is 19.5 Å². The molecular weight excluding hydrogens is 411 g/mol. The number of hydrogen-bond acceptors (Lipinski definition) is 6. The highest BCUT2D eigenvalue weighted by molar-refractivity contribution is 5.94. The topological polar surface area (TPSA) is 61.8 Å². The Balaban J connectivity index is 1.35. The second-order valence-corrected chi connectivity index (χ2v) is 7.61. The lowest BCUT2D eigenvalue weighted by atomic mass is 10.1. The maximum Gasteiger partial charge on any atom is 0.573 e. The fourth-order valence-corrected chi connectivity index (χ4v) is 3.88. The molecule has 0 radical (unpaired) electrons. The van der Waals surface area contributed by atoms with E-state index >= 15 is 0 Å². The van der Waals surface area contributed by atoms with E-state index in [1.165, 1.54) is 18.6 Å². The second-order valence-electron chi connectivity index (χ2n) is 7.61. The standard InChI is InChI=1S/C21H24F3N5O2/c22-21(23,24)31-17-6-4-16(5-7-17)19(30)28-14-12-27(13-15-28)18-8-9-25-20(26-18)29-10-2-1-3-11-29/h4-9H,1-3,10-15H2. The Labute approximate surface area is 178 Å². The van der Waals surface area contributed by atoms with Gasteiger partial charge in [0.05, 0.1) is 0 Å². The number of piperazine rings is 1. The quantitative estimate of drug-likeness (QED) is 0.734. The summed E-state index contributed by atoms with van der Waals surface area (Å²) in [6, 6.07) is 6.89. The monoisotopic (exact) mass is 435 g/mol. The first-order valence-electron chi connectivity index (χ1n) is 10.4. The fraction of sp³-hybridized carbons (Fsp3) is 0.476. The van der Waals surface area contributed by atoms with Gasteiger partial charge in [0.2, 0.25) is 5.95 Å². The summed E-state index contributed by atoms with van der Waals surface area (Å²) in [5.74, 6) is 1.03. The number of ether oxygens (including phenoxy) is 1. The molecule has 7 nitrogen and oxygen atoms in total. The van der Waals surface area contributed by atoms with E-state index in [0.717, 1.165) is 49.8 Å². The Hall–Kier alpha value is -3.04. The highest BCUT2D eigenvalue weighted by Crippen LogP contribution is 2.24. The minimum atomic E-state index is -4.75. The van der Waals surface area contributed by atoms with Crippen molar-refractivity contribution in [2.45, 2.75) is 25.6 Å². The maximum absolute atomic E-state index is 12.7. The van der Waals surface area contributed by atoms with E-state index < -0.39 is 6.36 Å². The van der Waals surface area contributed by atoms with Gasteiger partial charge in [0, 0.05) is 51.0 Å². The number of piperidine rings is 1. The number of hydrogen-bond donors (Lipinski definition) is 0. The SMILES string of the molecule is O=C(c1ccc(OC(F)(F)F)cc1)N1CCN(c2ccnc(N3CCCCC3)n2)CC1. The molecule has 2 saturated heterocycles. The summed E-state index contributed by atoms with van der Waals surface area (Å²) < 4.78 is 40.7. The Morgan fingerprint density at radius 3 is 2.19 bits per heavy atom. The normalized spacial score (nSPS) is 17.6. The molecule has 4 rings (SSSR count). The Bertz CT molecular complexity index is 893. The molecule has 1 aromatic heterocycles. The Morgan fingerprint density at radius 1 is 0.871 bits per heavy atom. The molecule has 1 amide bonds. The van der Waals surface area contributed by atoms with Crippen molar-refractivity contribution < 1.29 is 22.7 Å². The summed E-state index contributed by atoms with van der Waals surface area (Å²) in [6.45, 7) is 4.19. The van der Waals surface area contributed by atoms with Gasteiger partial charge in [-0.1, -0.05) is 0 Å². The van der Waals surface area contributed by atoms with Crippen molar-refractivity contribution in [1.29, 1.82) is 0 Å². The summed E-state index contributed by atoms with van der Waals surface area (Å²) >= 11 is 0. The third kappa shape index (κ3) is 5.36. The molecule has 0 aliphatic carbocycles. The molecule has 0 atom stereocenters. The third-order valence-corrected chi connectivity index (χ3v) is 5.49. The summed E-state index contributed by atoms with van der Waals surface area (Å²) in [4.78, 5) is 27.9. The van der Waals surface area contributed by atoms with Gasteiger partial charge in [0.25, 0.3) is 5.91 Å². The van der Waals surface area contributed by atoms with Gasteiger partial charge in [-0.05, 0) is 49.6 Å². The number of carbonyl (C=O) groups excluding carboxylic acids is 1. The van der Waals surface area contributed by atoms with Crippen LogP contribution in [-0.4, -0.2) is 66.4 Å². The molecule has 0 saturated carbocycles. The van der Waals surface area contributed by atoms with Gasteiger partial charge in [-0.2, -0.15) is 4.98 Å². The number of halogens is 3. The minimum Gasteiger partial charge on any atom is -0.406 e. The van der Waals surface area contributed by atoms with Crippen LogP contribution in [0.1, 0.15) is 29.6 Å². The van der Waals surface area contributed by atoms with E-state index in [-0.39, 0.29) is 11.7 Å². The number of aromatic nitrogens is 2. The predicted octanol–water partition coefficient (Wildman–Crippen LogP) is 3.33. The third-order valence-electron chi connectivity index (χ3n) is 5.49. The van der Waals surface area contributed by atoms with Crippen molar-refractivity contribution in [2.24, 2.45) is 0 Å². The van der Waals surface area contributed by atoms with Crippen molar-refractivity contribution in [3.8, 4) is 5.75 Å². The van der Waals surface area contributed by atoms with Crippen LogP contribution in [-0.2, 0) is 0 Å². The van der Waals surface area contributed by atoms with E-state index in [1.807, 2.05) is 6.07 Å². The molecule has 3 heterocycles. The van der Waals surface area contributed by atoms with Crippen LogP contribution in [0.2, 0.25) is 0 Å². The van der Waals surface area contributed by atoms with Gasteiger partial charge >= 0.3 is 6.36 Å². The zero-order valence-corrected chi connectivity index (χ0v) is 17.0. The van der Waals surface area contributed by atoms with Crippen LogP contribution in [0.25, 0.3) is 0 Å². The smallest absolute Gasteiger partial charge is 0.406 e. The summed E-state index contributed by atoms with van der Waals surface area (Å²) in [5, 5.41) is 0. The number of rotatable bonds is 4. The van der Waals surface area contributed by atoms with E-state index in [9.17, 15) is 18.0 Å². The van der Waals surface area contributed by atoms with Crippen molar-refractivity contribution in [3.63, 3.8) is 0 Å². The van der Waals surface area contributed by atoms with Crippen LogP contribution in [0.5, 0.6) is 5.75 Å². The number of anilines is 2. The molecule has 10 heteroatoms. The highest BCUT2D eigenvalue weighted by Gasteiger charge is 2.31. The average Bonchev–Trinajstić information content (AvgIpc) is 2.79. The second kappa shape index (κ2) is 8.99. The van der Waals surface area contributed by atoms with E-state index in [4.69, 9.17) is 4.98 Å². The van der Waals surface area contributed by atoms with Gasteiger partial charge in [0.15, 0.2) is 0 Å². The van der Waals surface area contributed by atoms with Crippen LogP contribution in [0.15, 0.2) is 36.5 Å². The molecule has 0 unspecified atom stereocenters. The first-order valence-corrected chi connectivity index (χ1v) is 10.4. The molecule has 2 aliphatic heterocycles. The molecule has 0 bridgehead atoms. The summed E-state index contributed by atoms with van der Waals surface area (Å²) in [6.07, 6.45) is 0.560. The van der Waals surface area contributed by atoms with Crippen LogP contribution in [0.4, 0.5) is 24.9 Å². The van der Waals surface area contributed by atoms with E-state index in [0.29, 0.717) is 31.7 Å². The van der Waals surface area contributed by atoms with E-state index in [1.54, 1.807) is 11.1 Å². The molecule has 0 N–H and O–H groups in total. The molecule has 0 spiro atoms. The lowest BCUT2D eigenvalue weighted by Gasteiger charge is -2.36. The number of nitrogens with zero attached hydrogens (tertiary/aromatic N) is 5. The van der Waals surface area contributed by atoms with Gasteiger partial charge in [-0.25, -0.2) is 4.98 Å². The number of alkyl halides is 3. The lowest BCUT2D eigenvalue weighted by molar-refractivity contribution is -0.274. The van der Waals surface area contributed by atoms with Crippen LogP contribution in [0, 0.1) is 0 Å². The molecular formula is C21H24F3N5O2. The van der Waals surface area contributed by atoms with Crippen molar-refractivity contribution >= 4 is 17.7 Å². The molecule has 1 aromatic carbocycles. The zero-order valence-electron chi connectivity index (χ0n) is 17.0. The van der Waals surface area contributed by atoms with Crippen LogP contribution >= 0.6 is 0 Å². The minimum absolute atomic E-state index is 0.213. The molecule has 31 heavy (non-hydrogen) atoms. The first kappa shape index (κ1) is 21.2. The van der Waals surface area contributed by atoms with Crippen LogP contribution in [0.3, 0.4) is 0 Å². The molecule has 2 aliphatic rings. The van der Waals surface area contributed by atoms with Crippen molar-refractivity contribution in [1.82, 2.24) is 14.9 Å². The number of amides is 1. The molecule has 2 fully saturated rings. The highest BCUT2D eigenvalue weighted by atomic mass is 19.4. The molecule has 166 valence electrons. The number of benzene rings is 1. The summed E-state index contributed by atoms with van der Waals surface area (Å²) in [7, 11) is 0. The predicted molar refractivity (Wildman–Crippen MR) is 109 cm³/mol. The van der Waals surface area contributed by atoms with Crippen molar-refractivity contribution in [2.75, 3.05) is 49.1 Å². The van der Waals surface area contributed by atoms with Gasteiger partial charge in [-0.15, -0.1) is 13.2 Å². The Morgan fingerprint density at radius 2 is 1.55 bits per heavy atom. The maximum atomic E-state index is 12.7. The van der Waals surface area contributed by atoms with Crippen LogP contribution < -0.4 is 14.5 Å². The first-order chi connectivity index (χ1) is 14.9. The number of carbonyl (C=O) groups is 1. The Kier molecular flexibility index (Phi) is 6.15. The fourth-order valence-electron chi connectivity index (χ4n) is 3.88. The molecule has 2 aromatic rings. The summed E-state index contributed by atoms with van der Waals surface area (Å²) in [5.41, 5.74) is 0.331.